The molecule has 15 heteroatoms. The van der Waals surface area contributed by atoms with Crippen LogP contribution in [0.5, 0.6) is 5.75 Å². The van der Waals surface area contributed by atoms with Crippen molar-refractivity contribution in [1.82, 2.24) is 9.21 Å². The molecule has 4 atom stereocenters. The maximum atomic E-state index is 14.3. The molecule has 49 heavy (non-hydrogen) atoms. The van der Waals surface area contributed by atoms with E-state index in [2.05, 4.69) is 4.72 Å². The van der Waals surface area contributed by atoms with Gasteiger partial charge < -0.3 is 19.5 Å². The van der Waals surface area contributed by atoms with Crippen LogP contribution in [0.25, 0.3) is 0 Å². The molecular weight excluding hydrogens is 681 g/mol. The van der Waals surface area contributed by atoms with Crippen LogP contribution in [-0.2, 0) is 24.8 Å². The lowest BCUT2D eigenvalue weighted by molar-refractivity contribution is -0.00834. The van der Waals surface area contributed by atoms with Crippen LogP contribution in [0.15, 0.2) is 76.5 Å². The average Bonchev–Trinajstić information content (AvgIpc) is 3.06. The molecule has 0 saturated carbocycles. The van der Waals surface area contributed by atoms with Crippen molar-refractivity contribution in [2.75, 3.05) is 38.1 Å². The third kappa shape index (κ3) is 9.75. The zero-order valence-electron chi connectivity index (χ0n) is 27.9. The molecule has 268 valence electrons. The highest BCUT2D eigenvalue weighted by molar-refractivity contribution is 7.92. The van der Waals surface area contributed by atoms with Crippen LogP contribution in [0.1, 0.15) is 50.4 Å². The van der Waals surface area contributed by atoms with E-state index in [0.29, 0.717) is 25.9 Å². The Kier molecular flexibility index (Phi) is 12.8. The SMILES string of the molecule is C[C@@H]1CN([C@H](C)CO)C(=O)c2cc(NS(=O)(=O)c3ccc(F)cc3)ccc2O[C@@H](C)CCCCO[C@@H]1CN(C)S(=O)(=O)c1ccc(F)cc1. The van der Waals surface area contributed by atoms with E-state index in [1.807, 2.05) is 13.8 Å². The molecule has 1 amide bonds. The minimum atomic E-state index is -4.14. The summed E-state index contributed by atoms with van der Waals surface area (Å²) in [4.78, 5) is 15.5. The van der Waals surface area contributed by atoms with Gasteiger partial charge in [-0.2, -0.15) is 4.31 Å². The lowest BCUT2D eigenvalue weighted by atomic mass is 10.0. The zero-order chi connectivity index (χ0) is 35.9. The molecule has 1 aliphatic heterocycles. The number of carbonyl (C=O) groups excluding carboxylic acids is 1. The van der Waals surface area contributed by atoms with Crippen LogP contribution in [-0.4, -0.2) is 88.7 Å². The summed E-state index contributed by atoms with van der Waals surface area (Å²) in [7, 11) is -6.73. The number of anilines is 1. The van der Waals surface area contributed by atoms with Gasteiger partial charge in [-0.1, -0.05) is 6.92 Å². The van der Waals surface area contributed by atoms with E-state index in [4.69, 9.17) is 9.47 Å². The lowest BCUT2D eigenvalue weighted by Gasteiger charge is -2.35. The molecule has 0 aliphatic carbocycles. The topological polar surface area (TPSA) is 143 Å². The summed E-state index contributed by atoms with van der Waals surface area (Å²) in [5, 5.41) is 10.2. The van der Waals surface area contributed by atoms with Crippen molar-refractivity contribution < 1.29 is 45.0 Å². The van der Waals surface area contributed by atoms with Crippen LogP contribution >= 0.6 is 0 Å². The van der Waals surface area contributed by atoms with Gasteiger partial charge in [-0.3, -0.25) is 9.52 Å². The number of halogens is 2. The first-order valence-electron chi connectivity index (χ1n) is 16.0. The summed E-state index contributed by atoms with van der Waals surface area (Å²) in [6.07, 6.45) is 0.954. The van der Waals surface area contributed by atoms with Gasteiger partial charge in [0.2, 0.25) is 10.0 Å². The molecule has 1 heterocycles. The molecular formula is C34H43F2N3O8S2. The summed E-state index contributed by atoms with van der Waals surface area (Å²) in [5.41, 5.74) is 0.108. The van der Waals surface area contributed by atoms with Gasteiger partial charge in [-0.15, -0.1) is 0 Å². The van der Waals surface area contributed by atoms with Crippen molar-refractivity contribution in [1.29, 1.82) is 0 Å². The van der Waals surface area contributed by atoms with Crippen LogP contribution in [0, 0.1) is 17.6 Å². The number of nitrogens with zero attached hydrogens (tertiary/aromatic N) is 2. The first kappa shape index (κ1) is 38.2. The van der Waals surface area contributed by atoms with Gasteiger partial charge >= 0.3 is 0 Å². The second kappa shape index (κ2) is 16.4. The fourth-order valence-corrected chi connectivity index (χ4v) is 7.65. The Morgan fingerprint density at radius 3 is 2.18 bits per heavy atom. The standard InChI is InChI=1S/C34H43F2N3O8S2/c1-23-20-39(24(2)22-40)34(41)31-19-28(37-48(42,43)29-13-8-26(35)9-14-29)12-17-32(31)47-25(3)7-5-6-18-46-33(23)21-38(4)49(44,45)30-15-10-27(36)11-16-30/h8-17,19,23-25,33,37,40H,5-7,18,20-22H2,1-4H3/t23-,24-,25+,33-/m1/s1. The Morgan fingerprint density at radius 2 is 1.57 bits per heavy atom. The second-order valence-corrected chi connectivity index (χ2v) is 16.0. The minimum Gasteiger partial charge on any atom is -0.490 e. The molecule has 0 saturated heterocycles. The predicted molar refractivity (Wildman–Crippen MR) is 180 cm³/mol. The first-order valence-corrected chi connectivity index (χ1v) is 18.9. The Hall–Kier alpha value is -3.63. The number of sulfonamides is 2. The molecule has 0 unspecified atom stereocenters. The van der Waals surface area contributed by atoms with E-state index in [0.717, 1.165) is 40.7 Å². The second-order valence-electron chi connectivity index (χ2n) is 12.3. The lowest BCUT2D eigenvalue weighted by Crippen LogP contribution is -2.48. The molecule has 2 N–H and O–H groups in total. The fourth-order valence-electron chi connectivity index (χ4n) is 5.41. The van der Waals surface area contributed by atoms with Crippen molar-refractivity contribution in [2.24, 2.45) is 5.92 Å². The number of aliphatic hydroxyl groups is 1. The number of fused-ring (bicyclic) bond motifs is 1. The number of benzene rings is 3. The zero-order valence-corrected chi connectivity index (χ0v) is 29.5. The van der Waals surface area contributed by atoms with Crippen molar-refractivity contribution in [3.63, 3.8) is 0 Å². The Bertz CT molecular complexity index is 1790. The molecule has 0 aromatic heterocycles. The van der Waals surface area contributed by atoms with Crippen molar-refractivity contribution in [3.05, 3.63) is 83.9 Å². The van der Waals surface area contributed by atoms with E-state index in [-0.39, 0.29) is 46.0 Å². The van der Waals surface area contributed by atoms with Crippen LogP contribution < -0.4 is 9.46 Å². The molecule has 0 spiro atoms. The van der Waals surface area contributed by atoms with E-state index in [9.17, 15) is 35.5 Å². The quantitative estimate of drug-likeness (QED) is 0.318. The summed E-state index contributed by atoms with van der Waals surface area (Å²) < 4.78 is 95.8. The van der Waals surface area contributed by atoms with E-state index >= 15 is 0 Å². The predicted octanol–water partition coefficient (Wildman–Crippen LogP) is 4.88. The molecule has 3 aromatic rings. The van der Waals surface area contributed by atoms with Gasteiger partial charge in [-0.05, 0) is 99.8 Å². The van der Waals surface area contributed by atoms with E-state index in [1.165, 1.54) is 42.3 Å². The van der Waals surface area contributed by atoms with E-state index in [1.54, 1.807) is 6.92 Å². The number of rotatable bonds is 9. The third-order valence-corrected chi connectivity index (χ3v) is 11.6. The molecule has 0 fully saturated rings. The van der Waals surface area contributed by atoms with Crippen molar-refractivity contribution in [3.8, 4) is 5.75 Å². The minimum absolute atomic E-state index is 0.0379. The normalized spacial score (nSPS) is 20.6. The number of amides is 1. The highest BCUT2D eigenvalue weighted by Crippen LogP contribution is 2.30. The maximum absolute atomic E-state index is 14.3. The average molecular weight is 724 g/mol. The first-order chi connectivity index (χ1) is 23.1. The van der Waals surface area contributed by atoms with Crippen LogP contribution in [0.3, 0.4) is 0 Å². The molecule has 11 nitrogen and oxygen atoms in total. The van der Waals surface area contributed by atoms with Crippen molar-refractivity contribution in [2.45, 2.75) is 68.1 Å². The Balaban J connectivity index is 1.67. The van der Waals surface area contributed by atoms with Gasteiger partial charge in [-0.25, -0.2) is 25.6 Å². The van der Waals surface area contributed by atoms with Gasteiger partial charge in [0.05, 0.1) is 40.2 Å². The monoisotopic (exact) mass is 723 g/mol. The largest absolute Gasteiger partial charge is 0.490 e. The number of nitrogens with one attached hydrogen (secondary N) is 1. The van der Waals surface area contributed by atoms with Gasteiger partial charge in [0.1, 0.15) is 17.4 Å². The summed E-state index contributed by atoms with van der Waals surface area (Å²) in [6.45, 7) is 5.21. The summed E-state index contributed by atoms with van der Waals surface area (Å²) in [5.74, 6) is -1.94. The Labute approximate surface area is 286 Å². The third-order valence-electron chi connectivity index (χ3n) is 8.39. The fraction of sp³-hybridized carbons (Fsp3) is 0.441. The highest BCUT2D eigenvalue weighted by Gasteiger charge is 2.32. The van der Waals surface area contributed by atoms with Gasteiger partial charge in [0, 0.05) is 38.3 Å². The van der Waals surface area contributed by atoms with Gasteiger partial charge in [0.25, 0.3) is 15.9 Å². The van der Waals surface area contributed by atoms with Gasteiger partial charge in [0.15, 0.2) is 0 Å². The number of aliphatic hydroxyl groups excluding tert-OH is 1. The van der Waals surface area contributed by atoms with Crippen LogP contribution in [0.4, 0.5) is 14.5 Å². The van der Waals surface area contributed by atoms with Crippen molar-refractivity contribution >= 4 is 31.6 Å². The molecule has 4 rings (SSSR count). The van der Waals surface area contributed by atoms with E-state index < -0.39 is 62.3 Å². The number of hydrogen-bond acceptors (Lipinski definition) is 8. The molecule has 0 radical (unpaired) electrons. The molecule has 3 aromatic carbocycles. The Morgan fingerprint density at radius 1 is 0.959 bits per heavy atom. The number of likely N-dealkylation sites (N-methyl/N-ethyl adjacent to an activating group) is 1. The summed E-state index contributed by atoms with van der Waals surface area (Å²) >= 11 is 0. The highest BCUT2D eigenvalue weighted by atomic mass is 32.2. The van der Waals surface area contributed by atoms with Crippen LogP contribution in [0.2, 0.25) is 0 Å². The number of hydrogen-bond donors (Lipinski definition) is 2. The summed E-state index contributed by atoms with van der Waals surface area (Å²) in [6, 6.07) is 12.5. The molecule has 0 bridgehead atoms. The maximum Gasteiger partial charge on any atom is 0.261 e. The number of ether oxygens (including phenoxy) is 2. The smallest absolute Gasteiger partial charge is 0.261 e. The molecule has 1 aliphatic rings. The number of carbonyl (C=O) groups is 1.